The van der Waals surface area contributed by atoms with Crippen molar-refractivity contribution >= 4 is 35.3 Å². The van der Waals surface area contributed by atoms with Crippen molar-refractivity contribution in [2.24, 2.45) is 0 Å². The molecule has 30 heavy (non-hydrogen) atoms. The number of ether oxygens (including phenoxy) is 1. The maximum absolute atomic E-state index is 12.8. The van der Waals surface area contributed by atoms with Gasteiger partial charge in [0.1, 0.15) is 0 Å². The Kier molecular flexibility index (Phi) is 6.25. The minimum absolute atomic E-state index is 0.0398. The summed E-state index contributed by atoms with van der Waals surface area (Å²) in [5.41, 5.74) is 1.81. The van der Waals surface area contributed by atoms with E-state index in [4.69, 9.17) is 4.74 Å². The first kappa shape index (κ1) is 21.6. The Morgan fingerprint density at radius 2 is 2.13 bits per heavy atom. The number of allylic oxidation sites excluding steroid dienone is 2. The van der Waals surface area contributed by atoms with Gasteiger partial charge in [-0.3, -0.25) is 19.7 Å². The number of hydrogen-bond donors (Lipinski definition) is 1. The molecule has 0 radical (unpaired) electrons. The Morgan fingerprint density at radius 1 is 1.40 bits per heavy atom. The maximum atomic E-state index is 12.8. The standard InChI is InChI=1S/C20H21N3O6S/c1-4-22-9-15-19(30-10-16(22)25)18(13-6-5-7-14(8-13)23(27)28)17(11(2)21-15)20(26)29-12(3)24/h5-8,18,21H,4,9-10H2,1-3H3. The quantitative estimate of drug-likeness (QED) is 0.334. The summed E-state index contributed by atoms with van der Waals surface area (Å²) in [6, 6.07) is 6.00. The lowest BCUT2D eigenvalue weighted by molar-refractivity contribution is -0.384. The summed E-state index contributed by atoms with van der Waals surface area (Å²) in [4.78, 5) is 49.8. The van der Waals surface area contributed by atoms with Crippen molar-refractivity contribution in [1.29, 1.82) is 0 Å². The van der Waals surface area contributed by atoms with Crippen molar-refractivity contribution < 1.29 is 24.0 Å². The number of benzene rings is 1. The van der Waals surface area contributed by atoms with Gasteiger partial charge in [-0.2, -0.15) is 0 Å². The number of dihydropyridines is 1. The highest BCUT2D eigenvalue weighted by atomic mass is 32.2. The topological polar surface area (TPSA) is 119 Å². The second-order valence-electron chi connectivity index (χ2n) is 6.87. The highest BCUT2D eigenvalue weighted by Gasteiger charge is 2.38. The van der Waals surface area contributed by atoms with Crippen molar-refractivity contribution in [3.63, 3.8) is 0 Å². The summed E-state index contributed by atoms with van der Waals surface area (Å²) < 4.78 is 4.85. The van der Waals surface area contributed by atoms with E-state index in [1.165, 1.54) is 23.9 Å². The lowest BCUT2D eigenvalue weighted by Gasteiger charge is -2.31. The van der Waals surface area contributed by atoms with Crippen LogP contribution in [-0.2, 0) is 19.1 Å². The van der Waals surface area contributed by atoms with Crippen molar-refractivity contribution in [1.82, 2.24) is 10.2 Å². The van der Waals surface area contributed by atoms with E-state index >= 15 is 0 Å². The number of nitrogens with one attached hydrogen (secondary N) is 1. The molecule has 2 heterocycles. The summed E-state index contributed by atoms with van der Waals surface area (Å²) >= 11 is 1.28. The van der Waals surface area contributed by atoms with Crippen molar-refractivity contribution in [2.45, 2.75) is 26.7 Å². The van der Waals surface area contributed by atoms with E-state index < -0.39 is 22.8 Å². The third-order valence-electron chi connectivity index (χ3n) is 4.90. The molecule has 1 aromatic rings. The second kappa shape index (κ2) is 8.70. The molecular formula is C20H21N3O6S. The van der Waals surface area contributed by atoms with E-state index in [0.29, 0.717) is 29.3 Å². The number of thioether (sulfide) groups is 1. The fraction of sp³-hybridized carbons (Fsp3) is 0.350. The Morgan fingerprint density at radius 3 is 2.77 bits per heavy atom. The molecule has 9 nitrogen and oxygen atoms in total. The first-order valence-corrected chi connectivity index (χ1v) is 10.3. The normalized spacial score (nSPS) is 19.1. The Hall–Kier alpha value is -3.14. The molecule has 1 aromatic carbocycles. The Balaban J connectivity index is 2.16. The van der Waals surface area contributed by atoms with E-state index in [0.717, 1.165) is 12.6 Å². The van der Waals surface area contributed by atoms with Crippen molar-refractivity contribution in [2.75, 3.05) is 18.8 Å². The predicted octanol–water partition coefficient (Wildman–Crippen LogP) is 2.45. The number of likely N-dealkylation sites (N-methyl/N-ethyl adjacent to an activating group) is 1. The van der Waals surface area contributed by atoms with Crippen LogP contribution in [-0.4, -0.2) is 46.5 Å². The van der Waals surface area contributed by atoms with Crippen LogP contribution in [0.2, 0.25) is 0 Å². The first-order valence-electron chi connectivity index (χ1n) is 9.31. The van der Waals surface area contributed by atoms with Gasteiger partial charge in [0.05, 0.1) is 28.7 Å². The monoisotopic (exact) mass is 431 g/mol. The summed E-state index contributed by atoms with van der Waals surface area (Å²) in [7, 11) is 0. The molecular weight excluding hydrogens is 410 g/mol. The van der Waals surface area contributed by atoms with Crippen LogP contribution >= 0.6 is 11.8 Å². The minimum atomic E-state index is -0.820. The molecule has 0 fully saturated rings. The van der Waals surface area contributed by atoms with Crippen LogP contribution in [0, 0.1) is 10.1 Å². The average molecular weight is 431 g/mol. The lowest BCUT2D eigenvalue weighted by Crippen LogP contribution is -2.37. The molecule has 0 aromatic heterocycles. The predicted molar refractivity (Wildman–Crippen MR) is 110 cm³/mol. The molecule has 3 rings (SSSR count). The van der Waals surface area contributed by atoms with Gasteiger partial charge in [-0.05, 0) is 19.4 Å². The molecule has 0 saturated heterocycles. The molecule has 2 aliphatic rings. The van der Waals surface area contributed by atoms with E-state index in [2.05, 4.69) is 5.32 Å². The smallest absolute Gasteiger partial charge is 0.344 e. The van der Waals surface area contributed by atoms with Gasteiger partial charge in [0.2, 0.25) is 5.91 Å². The van der Waals surface area contributed by atoms with Gasteiger partial charge in [-0.25, -0.2) is 4.79 Å². The van der Waals surface area contributed by atoms with Gasteiger partial charge in [-0.1, -0.05) is 12.1 Å². The third kappa shape index (κ3) is 4.23. The molecule has 0 aliphatic carbocycles. The van der Waals surface area contributed by atoms with Gasteiger partial charge in [0.15, 0.2) is 0 Å². The number of nitro benzene ring substituents is 1. The van der Waals surface area contributed by atoms with Crippen LogP contribution in [0.4, 0.5) is 5.69 Å². The average Bonchev–Trinajstić information content (AvgIpc) is 2.84. The summed E-state index contributed by atoms with van der Waals surface area (Å²) in [5, 5.41) is 14.5. The lowest BCUT2D eigenvalue weighted by atomic mass is 9.86. The highest BCUT2D eigenvalue weighted by Crippen LogP contribution is 2.45. The largest absolute Gasteiger partial charge is 0.390 e. The minimum Gasteiger partial charge on any atom is -0.390 e. The zero-order valence-corrected chi connectivity index (χ0v) is 17.6. The van der Waals surface area contributed by atoms with Gasteiger partial charge in [-0.15, -0.1) is 11.8 Å². The van der Waals surface area contributed by atoms with Crippen LogP contribution in [0.5, 0.6) is 0 Å². The molecule has 0 saturated carbocycles. The third-order valence-corrected chi connectivity index (χ3v) is 6.08. The van der Waals surface area contributed by atoms with Crippen LogP contribution in [0.3, 0.4) is 0 Å². The number of carbonyl (C=O) groups excluding carboxylic acids is 3. The Bertz CT molecular complexity index is 1000. The number of rotatable bonds is 4. The van der Waals surface area contributed by atoms with Gasteiger partial charge < -0.3 is 15.0 Å². The fourth-order valence-corrected chi connectivity index (χ4v) is 4.73. The summed E-state index contributed by atoms with van der Waals surface area (Å²) in [6.45, 7) is 5.55. The van der Waals surface area contributed by atoms with E-state index in [1.54, 1.807) is 24.0 Å². The van der Waals surface area contributed by atoms with Crippen LogP contribution < -0.4 is 5.32 Å². The molecule has 0 spiro atoms. The SMILES string of the molecule is CCN1CC2=C(SCC1=O)C(c1cccc([N+](=O)[O-])c1)C(C(=O)OC(C)=O)=C(C)N2. The summed E-state index contributed by atoms with van der Waals surface area (Å²) in [6.07, 6.45) is 0. The zero-order chi connectivity index (χ0) is 22.0. The molecule has 1 amide bonds. The van der Waals surface area contributed by atoms with Gasteiger partial charge in [0.25, 0.3) is 5.69 Å². The van der Waals surface area contributed by atoms with Crippen LogP contribution in [0.1, 0.15) is 32.3 Å². The molecule has 158 valence electrons. The molecule has 1 N–H and O–H groups in total. The fourth-order valence-electron chi connectivity index (χ4n) is 3.56. The van der Waals surface area contributed by atoms with Crippen molar-refractivity contribution in [3.8, 4) is 0 Å². The molecule has 0 bridgehead atoms. The second-order valence-corrected chi connectivity index (χ2v) is 7.89. The number of hydrogen-bond acceptors (Lipinski definition) is 8. The van der Waals surface area contributed by atoms with Gasteiger partial charge >= 0.3 is 11.9 Å². The highest BCUT2D eigenvalue weighted by molar-refractivity contribution is 8.03. The van der Waals surface area contributed by atoms with Crippen molar-refractivity contribution in [3.05, 3.63) is 61.8 Å². The maximum Gasteiger partial charge on any atom is 0.344 e. The number of nitro groups is 1. The van der Waals surface area contributed by atoms with E-state index in [-0.39, 0.29) is 22.9 Å². The van der Waals surface area contributed by atoms with E-state index in [1.807, 2.05) is 6.92 Å². The molecule has 2 aliphatic heterocycles. The number of non-ortho nitro benzene ring substituents is 1. The van der Waals surface area contributed by atoms with Crippen LogP contribution in [0.25, 0.3) is 0 Å². The zero-order valence-electron chi connectivity index (χ0n) is 16.8. The van der Waals surface area contributed by atoms with Gasteiger partial charge in [0, 0.05) is 41.9 Å². The molecule has 1 atom stereocenters. The number of nitrogens with zero attached hydrogens (tertiary/aromatic N) is 2. The van der Waals surface area contributed by atoms with E-state index in [9.17, 15) is 24.5 Å². The Labute approximate surface area is 177 Å². The molecule has 1 unspecified atom stereocenters. The molecule has 10 heteroatoms. The number of esters is 2. The number of amides is 1. The number of carbonyl (C=O) groups is 3. The summed E-state index contributed by atoms with van der Waals surface area (Å²) in [5.74, 6) is -2.13. The first-order chi connectivity index (χ1) is 14.2. The van der Waals surface area contributed by atoms with Crippen LogP contribution in [0.15, 0.2) is 46.1 Å².